The summed E-state index contributed by atoms with van der Waals surface area (Å²) in [7, 11) is -0.629. The van der Waals surface area contributed by atoms with Crippen LogP contribution in [0, 0.1) is 0 Å². The van der Waals surface area contributed by atoms with Crippen LogP contribution in [0.4, 0.5) is 5.82 Å². The van der Waals surface area contributed by atoms with Crippen molar-refractivity contribution in [2.75, 3.05) is 32.6 Å². The molecule has 2 N–H and O–H groups in total. The van der Waals surface area contributed by atoms with Crippen LogP contribution in [0.25, 0.3) is 4.96 Å². The second-order valence-electron chi connectivity index (χ2n) is 3.62. The third-order valence-corrected chi connectivity index (χ3v) is 5.16. The topological polar surface area (TPSA) is 86.9 Å². The van der Waals surface area contributed by atoms with Crippen molar-refractivity contribution < 1.29 is 13.5 Å². The van der Waals surface area contributed by atoms with Crippen molar-refractivity contribution in [3.8, 4) is 0 Å². The van der Waals surface area contributed by atoms with Crippen LogP contribution < -0.4 is 5.32 Å². The highest BCUT2D eigenvalue weighted by molar-refractivity contribution is 7.89. The summed E-state index contributed by atoms with van der Waals surface area (Å²) in [6.07, 6.45) is 1.66. The summed E-state index contributed by atoms with van der Waals surface area (Å²) >= 11 is 1.36. The van der Waals surface area contributed by atoms with Crippen LogP contribution in [0.2, 0.25) is 0 Å². The molecule has 0 amide bonds. The van der Waals surface area contributed by atoms with Crippen molar-refractivity contribution in [1.82, 2.24) is 13.7 Å². The summed E-state index contributed by atoms with van der Waals surface area (Å²) in [5.41, 5.74) is 0. The quantitative estimate of drug-likeness (QED) is 0.812. The van der Waals surface area contributed by atoms with E-state index in [1.165, 1.54) is 22.8 Å². The summed E-state index contributed by atoms with van der Waals surface area (Å²) in [5, 5.41) is 13.5. The summed E-state index contributed by atoms with van der Waals surface area (Å²) in [6.45, 7) is -0.181. The highest BCUT2D eigenvalue weighted by atomic mass is 32.2. The Bertz CT molecular complexity index is 646. The second-order valence-corrected chi connectivity index (χ2v) is 6.45. The average molecular weight is 290 g/mol. The normalized spacial score (nSPS) is 12.4. The van der Waals surface area contributed by atoms with Crippen LogP contribution in [0.15, 0.2) is 16.6 Å². The molecule has 100 valence electrons. The number of hydrogen-bond acceptors (Lipinski definition) is 6. The van der Waals surface area contributed by atoms with Crippen LogP contribution in [-0.2, 0) is 10.0 Å². The first-order chi connectivity index (χ1) is 8.52. The molecule has 0 radical (unpaired) electrons. The highest BCUT2D eigenvalue weighted by Gasteiger charge is 2.29. The van der Waals surface area contributed by atoms with Gasteiger partial charge in [0.1, 0.15) is 0 Å². The Morgan fingerprint density at radius 3 is 2.94 bits per heavy atom. The van der Waals surface area contributed by atoms with Crippen LogP contribution in [-0.4, -0.2) is 54.5 Å². The molecular formula is C9H14N4O3S2. The molecule has 2 rings (SSSR count). The minimum absolute atomic E-state index is 0.0445. The molecule has 0 spiro atoms. The fourth-order valence-corrected chi connectivity index (χ4v) is 3.76. The molecule has 18 heavy (non-hydrogen) atoms. The molecule has 0 unspecified atom stereocenters. The van der Waals surface area contributed by atoms with E-state index in [2.05, 4.69) is 10.3 Å². The van der Waals surface area contributed by atoms with E-state index < -0.39 is 10.0 Å². The molecule has 0 saturated carbocycles. The van der Waals surface area contributed by atoms with Crippen LogP contribution in [0.3, 0.4) is 0 Å². The van der Waals surface area contributed by atoms with Gasteiger partial charge in [0.15, 0.2) is 15.8 Å². The average Bonchev–Trinajstić information content (AvgIpc) is 2.87. The third-order valence-electron chi connectivity index (χ3n) is 2.52. The number of hydrogen-bond donors (Lipinski definition) is 2. The van der Waals surface area contributed by atoms with Gasteiger partial charge in [0.2, 0.25) is 0 Å². The molecule has 2 heterocycles. The van der Waals surface area contributed by atoms with E-state index in [-0.39, 0.29) is 18.2 Å². The van der Waals surface area contributed by atoms with Gasteiger partial charge in [-0.2, -0.15) is 4.31 Å². The molecule has 9 heteroatoms. The zero-order chi connectivity index (χ0) is 13.3. The largest absolute Gasteiger partial charge is 0.395 e. The summed E-state index contributed by atoms with van der Waals surface area (Å²) in [4.78, 5) is 4.81. The number of nitrogens with zero attached hydrogens (tertiary/aromatic N) is 3. The number of rotatable bonds is 5. The van der Waals surface area contributed by atoms with Crippen molar-refractivity contribution in [2.24, 2.45) is 0 Å². The van der Waals surface area contributed by atoms with Crippen molar-refractivity contribution in [3.05, 3.63) is 11.6 Å². The monoisotopic (exact) mass is 290 g/mol. The fraction of sp³-hybridized carbons (Fsp3) is 0.444. The van der Waals surface area contributed by atoms with Gasteiger partial charge in [0.05, 0.1) is 6.61 Å². The molecular weight excluding hydrogens is 276 g/mol. The summed E-state index contributed by atoms with van der Waals surface area (Å²) < 4.78 is 27.4. The van der Waals surface area contributed by atoms with E-state index in [4.69, 9.17) is 5.11 Å². The number of aliphatic hydroxyl groups excluding tert-OH is 1. The molecule has 0 saturated heterocycles. The molecule has 0 aliphatic carbocycles. The molecule has 0 atom stereocenters. The Hall–Kier alpha value is -1.16. The third kappa shape index (κ3) is 1.99. The smallest absolute Gasteiger partial charge is 0.262 e. The maximum Gasteiger partial charge on any atom is 0.262 e. The Labute approximate surface area is 109 Å². The number of aromatic nitrogens is 2. The van der Waals surface area contributed by atoms with Gasteiger partial charge in [-0.1, -0.05) is 0 Å². The van der Waals surface area contributed by atoms with Crippen molar-refractivity contribution in [3.63, 3.8) is 0 Å². The number of sulfonamides is 1. The van der Waals surface area contributed by atoms with E-state index >= 15 is 0 Å². The predicted octanol–water partition coefficient (Wildman–Crippen LogP) is 0.0503. The van der Waals surface area contributed by atoms with Crippen LogP contribution in [0.1, 0.15) is 0 Å². The molecule has 0 aliphatic heterocycles. The molecule has 0 fully saturated rings. The lowest BCUT2D eigenvalue weighted by Crippen LogP contribution is -2.30. The summed E-state index contributed by atoms with van der Waals surface area (Å²) in [6, 6.07) is 0. The first-order valence-electron chi connectivity index (χ1n) is 5.23. The second kappa shape index (κ2) is 4.84. The molecule has 0 aromatic carbocycles. The van der Waals surface area contributed by atoms with Crippen LogP contribution in [0.5, 0.6) is 0 Å². The zero-order valence-corrected chi connectivity index (χ0v) is 11.6. The van der Waals surface area contributed by atoms with E-state index in [1.54, 1.807) is 18.6 Å². The molecule has 2 aromatic rings. The number of likely N-dealkylation sites (N-methyl/N-ethyl adjacent to an activating group) is 1. The van der Waals surface area contributed by atoms with Gasteiger partial charge >= 0.3 is 0 Å². The number of aliphatic hydroxyl groups is 1. The Kier molecular flexibility index (Phi) is 3.57. The molecule has 0 aliphatic rings. The van der Waals surface area contributed by atoms with Crippen LogP contribution >= 0.6 is 11.3 Å². The molecule has 2 aromatic heterocycles. The maximum atomic E-state index is 12.4. The first kappa shape index (κ1) is 13.3. The SMILES string of the molecule is CNc1nc2sccn2c1S(=O)(=O)N(C)CCO. The Morgan fingerprint density at radius 2 is 2.33 bits per heavy atom. The molecule has 7 nitrogen and oxygen atoms in total. The zero-order valence-electron chi connectivity index (χ0n) is 9.99. The van der Waals surface area contributed by atoms with Gasteiger partial charge in [0, 0.05) is 32.2 Å². The van der Waals surface area contributed by atoms with E-state index in [9.17, 15) is 8.42 Å². The Morgan fingerprint density at radius 1 is 1.61 bits per heavy atom. The lowest BCUT2D eigenvalue weighted by molar-refractivity contribution is 0.266. The van der Waals surface area contributed by atoms with Gasteiger partial charge < -0.3 is 10.4 Å². The van der Waals surface area contributed by atoms with Crippen molar-refractivity contribution in [1.29, 1.82) is 0 Å². The van der Waals surface area contributed by atoms with Gasteiger partial charge in [-0.15, -0.1) is 11.3 Å². The number of anilines is 1. The first-order valence-corrected chi connectivity index (χ1v) is 7.55. The molecule has 0 bridgehead atoms. The standard InChI is InChI=1S/C9H14N4O3S2/c1-10-7-8(13-4-6-17-9(13)11-7)18(15,16)12(2)3-5-14/h4,6,10,14H,3,5H2,1-2H3. The van der Waals surface area contributed by atoms with E-state index in [0.29, 0.717) is 10.8 Å². The maximum absolute atomic E-state index is 12.4. The minimum atomic E-state index is -3.68. The number of thiazole rings is 1. The lowest BCUT2D eigenvalue weighted by Gasteiger charge is -2.15. The fourth-order valence-electron chi connectivity index (χ4n) is 1.58. The van der Waals surface area contributed by atoms with Gasteiger partial charge in [-0.25, -0.2) is 13.4 Å². The highest BCUT2D eigenvalue weighted by Crippen LogP contribution is 2.27. The van der Waals surface area contributed by atoms with Crippen molar-refractivity contribution in [2.45, 2.75) is 5.03 Å². The van der Waals surface area contributed by atoms with Gasteiger partial charge in [0.25, 0.3) is 10.0 Å². The lowest BCUT2D eigenvalue weighted by atomic mass is 10.7. The number of nitrogens with one attached hydrogen (secondary N) is 1. The van der Waals surface area contributed by atoms with Gasteiger partial charge in [-0.3, -0.25) is 4.40 Å². The Balaban J connectivity index is 2.61. The minimum Gasteiger partial charge on any atom is -0.395 e. The number of imidazole rings is 1. The van der Waals surface area contributed by atoms with E-state index in [1.807, 2.05) is 0 Å². The summed E-state index contributed by atoms with van der Waals surface area (Å²) in [5.74, 6) is 0.312. The van der Waals surface area contributed by atoms with E-state index in [0.717, 1.165) is 4.31 Å². The predicted molar refractivity (Wildman–Crippen MR) is 69.5 cm³/mol. The van der Waals surface area contributed by atoms with Crippen molar-refractivity contribution >= 4 is 32.1 Å². The number of fused-ring (bicyclic) bond motifs is 1. The van der Waals surface area contributed by atoms with Gasteiger partial charge in [-0.05, 0) is 0 Å².